The van der Waals surface area contributed by atoms with E-state index in [9.17, 15) is 9.59 Å². The van der Waals surface area contributed by atoms with Crippen LogP contribution in [0.15, 0.2) is 0 Å². The van der Waals surface area contributed by atoms with E-state index in [-0.39, 0.29) is 17.9 Å². The number of carbonyl (C=O) groups is 2. The van der Waals surface area contributed by atoms with Crippen LogP contribution in [0.5, 0.6) is 0 Å². The summed E-state index contributed by atoms with van der Waals surface area (Å²) in [5.41, 5.74) is 0. The average molecular weight is 284 g/mol. The van der Waals surface area contributed by atoms with Gasteiger partial charge >= 0.3 is 5.97 Å². The number of carbonyl (C=O) groups excluding carboxylic acids is 2. The Labute approximate surface area is 122 Å². The second-order valence-electron chi connectivity index (χ2n) is 5.36. The van der Waals surface area contributed by atoms with Gasteiger partial charge in [-0.25, -0.2) is 0 Å². The van der Waals surface area contributed by atoms with Gasteiger partial charge in [0, 0.05) is 26.1 Å². The molecule has 116 valence electrons. The highest BCUT2D eigenvalue weighted by Gasteiger charge is 2.20. The van der Waals surface area contributed by atoms with Crippen LogP contribution < -0.4 is 5.32 Å². The minimum absolute atomic E-state index is 0.191. The Kier molecular flexibility index (Phi) is 8.26. The first-order valence-corrected chi connectivity index (χ1v) is 7.78. The van der Waals surface area contributed by atoms with Crippen LogP contribution in [0.3, 0.4) is 0 Å². The van der Waals surface area contributed by atoms with Crippen LogP contribution in [-0.4, -0.2) is 49.6 Å². The van der Waals surface area contributed by atoms with E-state index >= 15 is 0 Å². The van der Waals surface area contributed by atoms with E-state index in [1.54, 1.807) is 0 Å². The zero-order chi connectivity index (χ0) is 14.8. The number of amides is 1. The van der Waals surface area contributed by atoms with E-state index in [0.717, 1.165) is 45.2 Å². The molecule has 0 aliphatic carbocycles. The van der Waals surface area contributed by atoms with Crippen molar-refractivity contribution in [1.82, 2.24) is 10.2 Å². The lowest BCUT2D eigenvalue weighted by atomic mass is 10.1. The summed E-state index contributed by atoms with van der Waals surface area (Å²) in [6, 6.07) is -0.283. The normalized spacial score (nSPS) is 16.8. The van der Waals surface area contributed by atoms with E-state index < -0.39 is 0 Å². The van der Waals surface area contributed by atoms with E-state index in [4.69, 9.17) is 4.74 Å². The molecule has 20 heavy (non-hydrogen) atoms. The van der Waals surface area contributed by atoms with Crippen LogP contribution in [0.1, 0.15) is 51.9 Å². The standard InChI is InChI=1S/C15H28N2O3/c1-3-4-8-13(15(19)20-2)16-10-9-14(18)17-11-6-5-7-12-17/h13,16H,3-12H2,1-2H3. The van der Waals surface area contributed by atoms with Gasteiger partial charge in [-0.3, -0.25) is 9.59 Å². The molecule has 1 N–H and O–H groups in total. The van der Waals surface area contributed by atoms with Gasteiger partial charge in [0.2, 0.25) is 5.91 Å². The molecule has 1 fully saturated rings. The molecule has 5 heteroatoms. The van der Waals surface area contributed by atoms with Crippen molar-refractivity contribution in [2.45, 2.75) is 57.9 Å². The largest absolute Gasteiger partial charge is 0.468 e. The number of unbranched alkanes of at least 4 members (excludes halogenated alkanes) is 1. The molecule has 0 aromatic heterocycles. The van der Waals surface area contributed by atoms with Crippen molar-refractivity contribution in [3.63, 3.8) is 0 Å². The minimum atomic E-state index is -0.283. The quantitative estimate of drug-likeness (QED) is 0.689. The number of methoxy groups -OCH3 is 1. The van der Waals surface area contributed by atoms with Crippen LogP contribution in [0.4, 0.5) is 0 Å². The molecule has 1 aliphatic heterocycles. The fourth-order valence-electron chi connectivity index (χ4n) is 2.51. The predicted octanol–water partition coefficient (Wildman–Crippen LogP) is 1.71. The first kappa shape index (κ1) is 17.0. The Morgan fingerprint density at radius 1 is 1.25 bits per heavy atom. The second kappa shape index (κ2) is 9.75. The first-order chi connectivity index (χ1) is 9.69. The number of piperidine rings is 1. The smallest absolute Gasteiger partial charge is 0.322 e. The zero-order valence-electron chi connectivity index (χ0n) is 12.8. The van der Waals surface area contributed by atoms with Crippen LogP contribution in [-0.2, 0) is 14.3 Å². The highest BCUT2D eigenvalue weighted by molar-refractivity contribution is 5.77. The van der Waals surface area contributed by atoms with Crippen LogP contribution in [0.25, 0.3) is 0 Å². The molecule has 0 bridgehead atoms. The summed E-state index contributed by atoms with van der Waals surface area (Å²) >= 11 is 0. The van der Waals surface area contributed by atoms with Gasteiger partial charge in [-0.2, -0.15) is 0 Å². The summed E-state index contributed by atoms with van der Waals surface area (Å²) in [5.74, 6) is -0.0415. The summed E-state index contributed by atoms with van der Waals surface area (Å²) < 4.78 is 4.79. The molecule has 1 aliphatic rings. The fraction of sp³-hybridized carbons (Fsp3) is 0.867. The van der Waals surface area contributed by atoms with E-state index in [1.165, 1.54) is 13.5 Å². The highest BCUT2D eigenvalue weighted by Crippen LogP contribution is 2.10. The summed E-state index contributed by atoms with van der Waals surface area (Å²) in [6.45, 7) is 4.40. The van der Waals surface area contributed by atoms with Crippen LogP contribution >= 0.6 is 0 Å². The Hall–Kier alpha value is -1.10. The minimum Gasteiger partial charge on any atom is -0.468 e. The molecule has 1 heterocycles. The maximum absolute atomic E-state index is 12.0. The molecular weight excluding hydrogens is 256 g/mol. The summed E-state index contributed by atoms with van der Waals surface area (Å²) in [6.07, 6.45) is 6.69. The molecule has 0 aromatic rings. The molecule has 0 spiro atoms. The lowest BCUT2D eigenvalue weighted by Crippen LogP contribution is -2.41. The Bertz CT molecular complexity index is 301. The molecule has 1 saturated heterocycles. The third-order valence-electron chi connectivity index (χ3n) is 3.77. The zero-order valence-corrected chi connectivity index (χ0v) is 12.8. The van der Waals surface area contributed by atoms with Crippen molar-refractivity contribution in [3.05, 3.63) is 0 Å². The molecule has 0 radical (unpaired) electrons. The summed E-state index contributed by atoms with van der Waals surface area (Å²) in [5, 5.41) is 3.15. The lowest BCUT2D eigenvalue weighted by molar-refractivity contribution is -0.143. The van der Waals surface area contributed by atoms with Gasteiger partial charge < -0.3 is 15.0 Å². The maximum Gasteiger partial charge on any atom is 0.322 e. The van der Waals surface area contributed by atoms with Crippen LogP contribution in [0, 0.1) is 0 Å². The SMILES string of the molecule is CCCCC(NCCC(=O)N1CCCCC1)C(=O)OC. The van der Waals surface area contributed by atoms with Gasteiger partial charge in [0.05, 0.1) is 7.11 Å². The maximum atomic E-state index is 12.0. The van der Waals surface area contributed by atoms with Gasteiger partial charge in [-0.05, 0) is 25.7 Å². The number of rotatable bonds is 8. The van der Waals surface area contributed by atoms with E-state index in [1.807, 2.05) is 4.90 Å². The second-order valence-corrected chi connectivity index (χ2v) is 5.36. The number of ether oxygens (including phenoxy) is 1. The number of nitrogens with one attached hydrogen (secondary N) is 1. The number of hydrogen-bond acceptors (Lipinski definition) is 4. The molecule has 0 saturated carbocycles. The molecule has 1 unspecified atom stereocenters. The van der Waals surface area contributed by atoms with E-state index in [0.29, 0.717) is 13.0 Å². The highest BCUT2D eigenvalue weighted by atomic mass is 16.5. The van der Waals surface area contributed by atoms with Gasteiger partial charge in [0.15, 0.2) is 0 Å². The Morgan fingerprint density at radius 2 is 1.95 bits per heavy atom. The third-order valence-corrected chi connectivity index (χ3v) is 3.77. The van der Waals surface area contributed by atoms with Crippen molar-refractivity contribution < 1.29 is 14.3 Å². The van der Waals surface area contributed by atoms with Crippen molar-refractivity contribution in [2.24, 2.45) is 0 Å². The van der Waals surface area contributed by atoms with Crippen LogP contribution in [0.2, 0.25) is 0 Å². The molecule has 1 atom stereocenters. The van der Waals surface area contributed by atoms with Gasteiger partial charge in [0.1, 0.15) is 6.04 Å². The molecule has 0 aromatic carbocycles. The summed E-state index contributed by atoms with van der Waals surface area (Å²) in [4.78, 5) is 25.6. The lowest BCUT2D eigenvalue weighted by Gasteiger charge is -2.27. The van der Waals surface area contributed by atoms with Crippen molar-refractivity contribution in [2.75, 3.05) is 26.7 Å². The number of esters is 1. The molecular formula is C15H28N2O3. The van der Waals surface area contributed by atoms with Crippen molar-refractivity contribution in [3.8, 4) is 0 Å². The van der Waals surface area contributed by atoms with Gasteiger partial charge in [-0.1, -0.05) is 19.8 Å². The van der Waals surface area contributed by atoms with E-state index in [2.05, 4.69) is 12.2 Å². The van der Waals surface area contributed by atoms with Gasteiger partial charge in [0.25, 0.3) is 0 Å². The molecule has 5 nitrogen and oxygen atoms in total. The molecule has 1 rings (SSSR count). The fourth-order valence-corrected chi connectivity index (χ4v) is 2.51. The molecule has 1 amide bonds. The monoisotopic (exact) mass is 284 g/mol. The topological polar surface area (TPSA) is 58.6 Å². The average Bonchev–Trinajstić information content (AvgIpc) is 2.50. The number of nitrogens with zero attached hydrogens (tertiary/aromatic N) is 1. The van der Waals surface area contributed by atoms with Crippen molar-refractivity contribution >= 4 is 11.9 Å². The van der Waals surface area contributed by atoms with Crippen molar-refractivity contribution in [1.29, 1.82) is 0 Å². The number of likely N-dealkylation sites (tertiary alicyclic amines) is 1. The van der Waals surface area contributed by atoms with Gasteiger partial charge in [-0.15, -0.1) is 0 Å². The summed E-state index contributed by atoms with van der Waals surface area (Å²) in [7, 11) is 1.40. The Balaban J connectivity index is 2.27. The number of hydrogen-bond donors (Lipinski definition) is 1. The first-order valence-electron chi connectivity index (χ1n) is 7.78. The predicted molar refractivity (Wildman–Crippen MR) is 78.4 cm³/mol. The Morgan fingerprint density at radius 3 is 2.55 bits per heavy atom. The third kappa shape index (κ3) is 5.90.